The first-order valence-corrected chi connectivity index (χ1v) is 12.0. The fraction of sp³-hybridized carbons (Fsp3) is 0.952. The van der Waals surface area contributed by atoms with Gasteiger partial charge in [-0.1, -0.05) is 0 Å². The minimum atomic E-state index is -1.88. The van der Waals surface area contributed by atoms with Crippen molar-refractivity contribution in [3.8, 4) is 0 Å². The summed E-state index contributed by atoms with van der Waals surface area (Å²) in [5.74, 6) is -0.647. The van der Waals surface area contributed by atoms with E-state index in [4.69, 9.17) is 23.7 Å². The van der Waals surface area contributed by atoms with Crippen molar-refractivity contribution < 1.29 is 79.5 Å². The molecule has 3 aliphatic heterocycles. The monoisotopic (exact) mass is 559 g/mol. The van der Waals surface area contributed by atoms with E-state index in [0.29, 0.717) is 0 Å². The van der Waals surface area contributed by atoms with Crippen LogP contribution in [-0.2, 0) is 28.5 Å². The van der Waals surface area contributed by atoms with Gasteiger partial charge >= 0.3 is 0 Å². The summed E-state index contributed by atoms with van der Waals surface area (Å²) in [5, 5.41) is 103. The van der Waals surface area contributed by atoms with Crippen LogP contribution in [0.1, 0.15) is 13.8 Å². The predicted octanol–water partition coefficient (Wildman–Crippen LogP) is -7.04. The molecule has 0 aromatic heterocycles. The maximum atomic E-state index is 11.7. The third-order valence-electron chi connectivity index (χ3n) is 6.80. The van der Waals surface area contributed by atoms with Gasteiger partial charge < -0.3 is 80.1 Å². The fourth-order valence-corrected chi connectivity index (χ4v) is 4.62. The molecule has 11 N–H and O–H groups in total. The Labute approximate surface area is 216 Å². The number of hydrogen-bond acceptors (Lipinski definition) is 16. The second-order valence-corrected chi connectivity index (χ2v) is 9.54. The summed E-state index contributed by atoms with van der Waals surface area (Å²) >= 11 is 0. The first kappa shape index (κ1) is 31.4. The van der Waals surface area contributed by atoms with Gasteiger partial charge in [-0.15, -0.1) is 0 Å². The molecule has 0 bridgehead atoms. The number of rotatable bonds is 8. The Balaban J connectivity index is 1.85. The summed E-state index contributed by atoms with van der Waals surface area (Å²) in [6.07, 6.45) is -24.5. The molecule has 16 atom stereocenters. The molecule has 17 heteroatoms. The molecular weight excluding hydrogens is 522 g/mol. The number of carbonyl (C=O) groups excluding carboxylic acids is 1. The van der Waals surface area contributed by atoms with Crippen molar-refractivity contribution >= 4 is 5.91 Å². The van der Waals surface area contributed by atoms with E-state index in [2.05, 4.69) is 5.32 Å². The molecule has 0 aromatic carbocycles. The average Bonchev–Trinajstić information content (AvgIpc) is 2.87. The van der Waals surface area contributed by atoms with Crippen molar-refractivity contribution in [1.29, 1.82) is 0 Å². The molecule has 3 heterocycles. The molecule has 3 rings (SSSR count). The van der Waals surface area contributed by atoms with Crippen LogP contribution in [0.3, 0.4) is 0 Å². The van der Waals surface area contributed by atoms with Crippen molar-refractivity contribution in [1.82, 2.24) is 5.32 Å². The Kier molecular flexibility index (Phi) is 10.8. The van der Waals surface area contributed by atoms with Gasteiger partial charge in [-0.05, 0) is 6.92 Å². The number of amides is 1. The SMILES string of the molecule is CC(=O)N[C@H]1[C@H](O[C@@H]2[C@@H](O[C@H](C)[C@H]3OC(O)[C@H](O)[C@@H](O)[C@@H]3O)O[C@H](CO)[C@@H](O)[C@@H]2O)O[C@H](CO)[C@@H](O)[C@@H]1O. The van der Waals surface area contributed by atoms with Gasteiger partial charge in [0.05, 0.1) is 19.3 Å². The summed E-state index contributed by atoms with van der Waals surface area (Å²) in [7, 11) is 0. The topological polar surface area (TPSA) is 278 Å². The number of hydrogen-bond donors (Lipinski definition) is 11. The van der Waals surface area contributed by atoms with Gasteiger partial charge in [0.1, 0.15) is 73.2 Å². The zero-order valence-electron chi connectivity index (χ0n) is 20.6. The number of ether oxygens (including phenoxy) is 5. The molecule has 17 nitrogen and oxygen atoms in total. The van der Waals surface area contributed by atoms with Crippen LogP contribution < -0.4 is 5.32 Å². The minimum absolute atomic E-state index is 0.647. The highest BCUT2D eigenvalue weighted by Gasteiger charge is 2.53. The van der Waals surface area contributed by atoms with Gasteiger partial charge in [0.2, 0.25) is 5.91 Å². The van der Waals surface area contributed by atoms with E-state index >= 15 is 0 Å². The summed E-state index contributed by atoms with van der Waals surface area (Å²) in [6, 6.07) is -1.42. The molecule has 38 heavy (non-hydrogen) atoms. The van der Waals surface area contributed by atoms with E-state index in [-0.39, 0.29) is 0 Å². The number of aliphatic hydroxyl groups excluding tert-OH is 10. The van der Waals surface area contributed by atoms with E-state index in [1.807, 2.05) is 0 Å². The first-order valence-electron chi connectivity index (χ1n) is 12.0. The maximum absolute atomic E-state index is 11.7. The second kappa shape index (κ2) is 13.0. The van der Waals surface area contributed by atoms with Crippen LogP contribution in [0, 0.1) is 0 Å². The molecule has 222 valence electrons. The molecule has 0 spiro atoms. The molecule has 0 aromatic rings. The Morgan fingerprint density at radius 1 is 0.763 bits per heavy atom. The lowest BCUT2D eigenvalue weighted by Gasteiger charge is -2.48. The summed E-state index contributed by atoms with van der Waals surface area (Å²) in [6.45, 7) is 0.923. The van der Waals surface area contributed by atoms with Gasteiger partial charge in [-0.25, -0.2) is 0 Å². The minimum Gasteiger partial charge on any atom is -0.394 e. The van der Waals surface area contributed by atoms with Crippen molar-refractivity contribution in [2.75, 3.05) is 13.2 Å². The Morgan fingerprint density at radius 2 is 1.32 bits per heavy atom. The lowest BCUT2D eigenvalue weighted by Crippen LogP contribution is -2.68. The summed E-state index contributed by atoms with van der Waals surface area (Å²) < 4.78 is 27.7. The molecule has 3 aliphatic rings. The third-order valence-corrected chi connectivity index (χ3v) is 6.80. The van der Waals surface area contributed by atoms with E-state index in [1.165, 1.54) is 6.92 Å². The highest BCUT2D eigenvalue weighted by atomic mass is 16.8. The third kappa shape index (κ3) is 6.43. The van der Waals surface area contributed by atoms with Gasteiger partial charge in [-0.3, -0.25) is 4.79 Å². The fourth-order valence-electron chi connectivity index (χ4n) is 4.62. The normalized spacial score (nSPS) is 48.9. The van der Waals surface area contributed by atoms with Crippen molar-refractivity contribution in [3.63, 3.8) is 0 Å². The van der Waals surface area contributed by atoms with Crippen LogP contribution >= 0.6 is 0 Å². The number of nitrogens with one attached hydrogen (secondary N) is 1. The standard InChI is InChI=1S/C21H37NO16/c1-5(17-15(31)13(29)16(32)19(33)37-17)34-21-18(14(30)11(27)8(4-24)36-21)38-20-9(22-6(2)25)12(28)10(26)7(3-23)35-20/h5,7-21,23-24,26-33H,3-4H2,1-2H3,(H,22,25)/t5-,7-,8-,9-,10-,11-,12-,13+,14+,15+,16-,17-,18+,19?,20+,21+/m1/s1. The van der Waals surface area contributed by atoms with Gasteiger partial charge in [0.15, 0.2) is 18.9 Å². The van der Waals surface area contributed by atoms with E-state index in [9.17, 15) is 55.9 Å². The van der Waals surface area contributed by atoms with Crippen LogP contribution in [0.5, 0.6) is 0 Å². The average molecular weight is 560 g/mol. The van der Waals surface area contributed by atoms with Crippen molar-refractivity contribution in [3.05, 3.63) is 0 Å². The highest BCUT2D eigenvalue weighted by molar-refractivity contribution is 5.73. The Hall–Kier alpha value is -1.13. The van der Waals surface area contributed by atoms with Crippen LogP contribution in [0.4, 0.5) is 0 Å². The van der Waals surface area contributed by atoms with Crippen molar-refractivity contribution in [2.45, 2.75) is 112 Å². The predicted molar refractivity (Wildman–Crippen MR) is 117 cm³/mol. The molecule has 0 saturated carbocycles. The molecule has 1 unspecified atom stereocenters. The molecule has 1 amide bonds. The van der Waals surface area contributed by atoms with Crippen molar-refractivity contribution in [2.24, 2.45) is 0 Å². The molecule has 0 radical (unpaired) electrons. The smallest absolute Gasteiger partial charge is 0.217 e. The molecule has 3 saturated heterocycles. The van der Waals surface area contributed by atoms with E-state index in [1.54, 1.807) is 0 Å². The van der Waals surface area contributed by atoms with E-state index in [0.717, 1.165) is 6.92 Å². The highest BCUT2D eigenvalue weighted by Crippen LogP contribution is 2.32. The van der Waals surface area contributed by atoms with Gasteiger partial charge in [0, 0.05) is 6.92 Å². The first-order chi connectivity index (χ1) is 17.8. The molecular formula is C21H37NO16. The lowest BCUT2D eigenvalue weighted by molar-refractivity contribution is -0.370. The van der Waals surface area contributed by atoms with Crippen LogP contribution in [0.15, 0.2) is 0 Å². The largest absolute Gasteiger partial charge is 0.394 e. The Morgan fingerprint density at radius 3 is 1.87 bits per heavy atom. The second-order valence-electron chi connectivity index (χ2n) is 9.54. The molecule has 0 aliphatic carbocycles. The number of aliphatic hydroxyl groups is 10. The number of carbonyl (C=O) groups is 1. The maximum Gasteiger partial charge on any atom is 0.217 e. The quantitative estimate of drug-likeness (QED) is 0.132. The van der Waals surface area contributed by atoms with Crippen LogP contribution in [0.25, 0.3) is 0 Å². The Bertz CT molecular complexity index is 778. The summed E-state index contributed by atoms with van der Waals surface area (Å²) in [4.78, 5) is 11.7. The molecule has 3 fully saturated rings. The van der Waals surface area contributed by atoms with Crippen LogP contribution in [-0.4, -0.2) is 168 Å². The lowest BCUT2D eigenvalue weighted by atomic mass is 9.95. The van der Waals surface area contributed by atoms with Crippen LogP contribution in [0.2, 0.25) is 0 Å². The zero-order chi connectivity index (χ0) is 28.5. The summed E-state index contributed by atoms with van der Waals surface area (Å²) in [5.41, 5.74) is 0. The zero-order valence-corrected chi connectivity index (χ0v) is 20.6. The van der Waals surface area contributed by atoms with Gasteiger partial charge in [-0.2, -0.15) is 0 Å². The van der Waals surface area contributed by atoms with E-state index < -0.39 is 117 Å². The van der Waals surface area contributed by atoms with Gasteiger partial charge in [0.25, 0.3) is 0 Å².